The van der Waals surface area contributed by atoms with Gasteiger partial charge >= 0.3 is 0 Å². The number of carbonyl (C=O) groups excluding carboxylic acids is 1. The zero-order chi connectivity index (χ0) is 26.0. The number of fused-ring (bicyclic) bond motifs is 2. The quantitative estimate of drug-likeness (QED) is 0.400. The minimum Gasteiger partial charge on any atom is -0.302 e. The molecule has 4 heteroatoms. The number of rotatable bonds is 4. The number of para-hydroxylation sites is 1. The molecule has 0 aromatic heterocycles. The molecule has 0 bridgehead atoms. The SMILES string of the molecule is CC1(C)CC2(CCCCC2)N2C(=O)C3(c4cccc1c42)N(Cc1ccccc1)CCN3Cc1ccccc1. The topological polar surface area (TPSA) is 26.8 Å². The second-order valence-electron chi connectivity index (χ2n) is 12.7. The minimum atomic E-state index is -0.776. The average molecular weight is 506 g/mol. The first-order valence-corrected chi connectivity index (χ1v) is 14.5. The third kappa shape index (κ3) is 3.39. The second-order valence-corrected chi connectivity index (χ2v) is 12.7. The van der Waals surface area contributed by atoms with Crippen molar-refractivity contribution in [1.82, 2.24) is 9.80 Å². The summed E-state index contributed by atoms with van der Waals surface area (Å²) in [5.41, 5.74) is 5.50. The number of anilines is 1. The normalized spacial score (nSPS) is 23.3. The van der Waals surface area contributed by atoms with Gasteiger partial charge in [-0.15, -0.1) is 0 Å². The van der Waals surface area contributed by atoms with Crippen LogP contribution in [0.1, 0.15) is 74.6 Å². The van der Waals surface area contributed by atoms with E-state index in [1.807, 2.05) is 0 Å². The summed E-state index contributed by atoms with van der Waals surface area (Å²) in [4.78, 5) is 22.7. The highest BCUT2D eigenvalue weighted by Crippen LogP contribution is 2.61. The van der Waals surface area contributed by atoms with E-state index in [4.69, 9.17) is 0 Å². The molecule has 1 amide bonds. The van der Waals surface area contributed by atoms with Gasteiger partial charge in [0.25, 0.3) is 5.91 Å². The molecule has 1 saturated heterocycles. The van der Waals surface area contributed by atoms with Gasteiger partial charge in [-0.25, -0.2) is 0 Å². The number of benzene rings is 3. The predicted molar refractivity (Wildman–Crippen MR) is 153 cm³/mol. The molecular formula is C34H39N3O. The molecule has 196 valence electrons. The standard InChI is InChI=1S/C34H39N3O/c1-32(2)25-33(19-10-5-11-20-33)37-30-28(32)17-12-18-29(30)34(31(37)38)35(23-26-13-6-3-7-14-26)21-22-36(34)24-27-15-8-4-9-16-27/h3-4,6-9,12-18H,5,10-11,19-25H2,1-2H3. The maximum atomic E-state index is 15.3. The molecule has 0 radical (unpaired) electrons. The molecule has 4 nitrogen and oxygen atoms in total. The first kappa shape index (κ1) is 24.1. The van der Waals surface area contributed by atoms with Crippen molar-refractivity contribution in [2.45, 2.75) is 82.1 Å². The Hall–Kier alpha value is -2.95. The smallest absolute Gasteiger partial charge is 0.268 e. The third-order valence-corrected chi connectivity index (χ3v) is 9.88. The van der Waals surface area contributed by atoms with E-state index in [1.54, 1.807) is 0 Å². The molecule has 7 rings (SSSR count). The first-order valence-electron chi connectivity index (χ1n) is 14.5. The van der Waals surface area contributed by atoms with Crippen molar-refractivity contribution in [1.29, 1.82) is 0 Å². The number of hydrogen-bond acceptors (Lipinski definition) is 3. The van der Waals surface area contributed by atoms with Gasteiger partial charge in [0, 0.05) is 37.3 Å². The molecule has 1 saturated carbocycles. The fourth-order valence-electron chi connectivity index (χ4n) is 8.42. The van der Waals surface area contributed by atoms with Crippen LogP contribution in [0.25, 0.3) is 0 Å². The van der Waals surface area contributed by atoms with Crippen molar-refractivity contribution < 1.29 is 4.79 Å². The molecular weight excluding hydrogens is 466 g/mol. The summed E-state index contributed by atoms with van der Waals surface area (Å²) in [6, 6.07) is 28.2. The fraction of sp³-hybridized carbons (Fsp3) is 0.441. The summed E-state index contributed by atoms with van der Waals surface area (Å²) < 4.78 is 0. The number of nitrogens with zero attached hydrogens (tertiary/aromatic N) is 3. The number of hydrogen-bond donors (Lipinski definition) is 0. The number of amides is 1. The van der Waals surface area contributed by atoms with Crippen molar-refractivity contribution in [3.63, 3.8) is 0 Å². The van der Waals surface area contributed by atoms with E-state index in [1.165, 1.54) is 47.2 Å². The van der Waals surface area contributed by atoms with Gasteiger partial charge in [-0.3, -0.25) is 14.6 Å². The molecule has 0 atom stereocenters. The Morgan fingerprint density at radius 3 is 1.82 bits per heavy atom. The molecule has 3 aromatic carbocycles. The van der Waals surface area contributed by atoms with E-state index in [2.05, 4.69) is 107 Å². The van der Waals surface area contributed by atoms with E-state index in [-0.39, 0.29) is 11.0 Å². The summed E-state index contributed by atoms with van der Waals surface area (Å²) in [6.07, 6.45) is 6.99. The van der Waals surface area contributed by atoms with E-state index in [0.717, 1.165) is 45.4 Å². The fourth-order valence-corrected chi connectivity index (χ4v) is 8.42. The Morgan fingerprint density at radius 1 is 0.684 bits per heavy atom. The summed E-state index contributed by atoms with van der Waals surface area (Å²) >= 11 is 0. The highest BCUT2D eigenvalue weighted by atomic mass is 16.2. The van der Waals surface area contributed by atoms with Crippen LogP contribution in [0, 0.1) is 0 Å². The Balaban J connectivity index is 1.43. The van der Waals surface area contributed by atoms with Gasteiger partial charge in [-0.05, 0) is 41.4 Å². The monoisotopic (exact) mass is 505 g/mol. The molecule has 4 aliphatic rings. The van der Waals surface area contributed by atoms with Gasteiger partial charge in [0.15, 0.2) is 5.66 Å². The lowest BCUT2D eigenvalue weighted by Gasteiger charge is -2.54. The van der Waals surface area contributed by atoms with Gasteiger partial charge in [-0.1, -0.05) is 112 Å². The van der Waals surface area contributed by atoms with Crippen LogP contribution < -0.4 is 4.90 Å². The summed E-state index contributed by atoms with van der Waals surface area (Å²) in [6.45, 7) is 8.11. The molecule has 38 heavy (non-hydrogen) atoms. The maximum Gasteiger partial charge on any atom is 0.268 e. The Labute approximate surface area is 227 Å². The molecule has 2 fully saturated rings. The van der Waals surface area contributed by atoms with Crippen LogP contribution in [0.2, 0.25) is 0 Å². The zero-order valence-corrected chi connectivity index (χ0v) is 22.8. The van der Waals surface area contributed by atoms with E-state index < -0.39 is 5.66 Å². The predicted octanol–water partition coefficient (Wildman–Crippen LogP) is 6.59. The van der Waals surface area contributed by atoms with Gasteiger partial charge in [0.05, 0.1) is 5.69 Å². The molecule has 3 aliphatic heterocycles. The van der Waals surface area contributed by atoms with Crippen molar-refractivity contribution in [2.75, 3.05) is 18.0 Å². The Morgan fingerprint density at radius 2 is 1.24 bits per heavy atom. The molecule has 3 heterocycles. The number of carbonyl (C=O) groups is 1. The average Bonchev–Trinajstić information content (AvgIpc) is 3.41. The van der Waals surface area contributed by atoms with Crippen LogP contribution in [-0.4, -0.2) is 34.3 Å². The van der Waals surface area contributed by atoms with Crippen molar-refractivity contribution in [3.8, 4) is 0 Å². The summed E-state index contributed by atoms with van der Waals surface area (Å²) in [5.74, 6) is 0.293. The van der Waals surface area contributed by atoms with Crippen LogP contribution in [0.4, 0.5) is 5.69 Å². The largest absolute Gasteiger partial charge is 0.302 e. The third-order valence-electron chi connectivity index (χ3n) is 9.88. The Kier molecular flexibility index (Phi) is 5.58. The molecule has 1 aliphatic carbocycles. The van der Waals surface area contributed by atoms with Crippen molar-refractivity contribution in [2.24, 2.45) is 0 Å². The molecule has 2 spiro atoms. The highest BCUT2D eigenvalue weighted by Gasteiger charge is 2.66. The Bertz CT molecular complexity index is 1290. The molecule has 3 aromatic rings. The van der Waals surface area contributed by atoms with Crippen molar-refractivity contribution >= 4 is 11.6 Å². The summed E-state index contributed by atoms with van der Waals surface area (Å²) in [5, 5.41) is 0. The van der Waals surface area contributed by atoms with Gasteiger partial charge in [0.2, 0.25) is 0 Å². The van der Waals surface area contributed by atoms with Crippen molar-refractivity contribution in [3.05, 3.63) is 101 Å². The van der Waals surface area contributed by atoms with Crippen LogP contribution in [0.3, 0.4) is 0 Å². The molecule has 0 unspecified atom stereocenters. The van der Waals surface area contributed by atoms with E-state index >= 15 is 4.79 Å². The van der Waals surface area contributed by atoms with Gasteiger partial charge < -0.3 is 4.90 Å². The lowest BCUT2D eigenvalue weighted by molar-refractivity contribution is -0.140. The van der Waals surface area contributed by atoms with Gasteiger partial charge in [0.1, 0.15) is 0 Å². The maximum absolute atomic E-state index is 15.3. The highest BCUT2D eigenvalue weighted by molar-refractivity contribution is 6.10. The van der Waals surface area contributed by atoms with Crippen LogP contribution >= 0.6 is 0 Å². The lowest BCUT2D eigenvalue weighted by atomic mass is 9.64. The van der Waals surface area contributed by atoms with E-state index in [9.17, 15) is 0 Å². The lowest BCUT2D eigenvalue weighted by Crippen LogP contribution is -2.63. The van der Waals surface area contributed by atoms with Crippen LogP contribution in [0.15, 0.2) is 78.9 Å². The minimum absolute atomic E-state index is 0.0398. The first-order chi connectivity index (χ1) is 18.5. The van der Waals surface area contributed by atoms with Crippen LogP contribution in [0.5, 0.6) is 0 Å². The summed E-state index contributed by atoms with van der Waals surface area (Å²) in [7, 11) is 0. The molecule has 0 N–H and O–H groups in total. The zero-order valence-electron chi connectivity index (χ0n) is 22.8. The second kappa shape index (κ2) is 8.79. The van der Waals surface area contributed by atoms with Crippen LogP contribution in [-0.2, 0) is 29.0 Å². The van der Waals surface area contributed by atoms with Gasteiger partial charge in [-0.2, -0.15) is 0 Å². The van der Waals surface area contributed by atoms with E-state index in [0.29, 0.717) is 5.91 Å².